The number of nitrogens with one attached hydrogen (secondary N) is 2. The molecule has 7 nitrogen and oxygen atoms in total. The number of ether oxygens (including phenoxy) is 2. The van der Waals surface area contributed by atoms with Gasteiger partial charge in [-0.05, 0) is 31.2 Å². The van der Waals surface area contributed by atoms with Gasteiger partial charge in [-0.3, -0.25) is 4.79 Å². The molecular formula is C15H19N3O4. The third kappa shape index (κ3) is 5.10. The predicted molar refractivity (Wildman–Crippen MR) is 81.2 cm³/mol. The van der Waals surface area contributed by atoms with Gasteiger partial charge in [-0.25, -0.2) is 0 Å². The Kier molecular flexibility index (Phi) is 5.79. The van der Waals surface area contributed by atoms with Gasteiger partial charge < -0.3 is 24.6 Å². The van der Waals surface area contributed by atoms with Crippen LogP contribution in [-0.2, 0) is 4.79 Å². The summed E-state index contributed by atoms with van der Waals surface area (Å²) < 4.78 is 15.5. The van der Waals surface area contributed by atoms with Gasteiger partial charge in [-0.15, -0.1) is 0 Å². The number of amides is 1. The zero-order chi connectivity index (χ0) is 15.8. The van der Waals surface area contributed by atoms with Crippen molar-refractivity contribution in [3.8, 4) is 11.5 Å². The minimum atomic E-state index is -0.183. The van der Waals surface area contributed by atoms with Gasteiger partial charge in [0.25, 0.3) is 0 Å². The molecule has 0 saturated heterocycles. The maximum absolute atomic E-state index is 11.6. The van der Waals surface area contributed by atoms with Crippen LogP contribution in [0.1, 0.15) is 5.76 Å². The number of rotatable bonds is 8. The summed E-state index contributed by atoms with van der Waals surface area (Å²) in [5, 5.41) is 9.29. The number of carbonyl (C=O) groups excluding carboxylic acids is 1. The van der Waals surface area contributed by atoms with E-state index in [0.717, 1.165) is 11.5 Å². The minimum absolute atomic E-state index is 0.178. The van der Waals surface area contributed by atoms with E-state index in [-0.39, 0.29) is 12.5 Å². The Labute approximate surface area is 128 Å². The molecule has 0 spiro atoms. The van der Waals surface area contributed by atoms with Crippen LogP contribution in [-0.4, -0.2) is 37.9 Å². The molecule has 0 saturated carbocycles. The van der Waals surface area contributed by atoms with Crippen molar-refractivity contribution < 1.29 is 18.8 Å². The number of nitrogens with zero attached hydrogens (tertiary/aromatic N) is 1. The van der Waals surface area contributed by atoms with Gasteiger partial charge in [-0.2, -0.15) is 0 Å². The summed E-state index contributed by atoms with van der Waals surface area (Å²) >= 11 is 0. The second-order valence-electron chi connectivity index (χ2n) is 4.57. The fourth-order valence-electron chi connectivity index (χ4n) is 1.73. The molecular weight excluding hydrogens is 286 g/mol. The largest absolute Gasteiger partial charge is 0.497 e. The van der Waals surface area contributed by atoms with E-state index in [1.165, 1.54) is 0 Å². The standard InChI is InChI=1S/C15H19N3O4/c1-11-9-14(18-22-11)17-15(19)10-16-7-8-21-13-5-3-12(20-2)4-6-13/h3-6,9,16H,7-8,10H2,1-2H3,(H,17,18,19). The molecule has 1 aromatic heterocycles. The van der Waals surface area contributed by atoms with E-state index in [0.29, 0.717) is 24.7 Å². The van der Waals surface area contributed by atoms with Crippen LogP contribution in [0.4, 0.5) is 5.82 Å². The van der Waals surface area contributed by atoms with Crippen LogP contribution < -0.4 is 20.1 Å². The number of hydrogen-bond donors (Lipinski definition) is 2. The first-order valence-electron chi connectivity index (χ1n) is 6.88. The lowest BCUT2D eigenvalue weighted by Crippen LogP contribution is -2.31. The van der Waals surface area contributed by atoms with Crippen molar-refractivity contribution in [3.05, 3.63) is 36.1 Å². The highest BCUT2D eigenvalue weighted by molar-refractivity contribution is 5.91. The third-order valence-electron chi connectivity index (χ3n) is 2.79. The second kappa shape index (κ2) is 8.04. The van der Waals surface area contributed by atoms with Crippen LogP contribution in [0.15, 0.2) is 34.9 Å². The zero-order valence-corrected chi connectivity index (χ0v) is 12.6. The Balaban J connectivity index is 1.59. The number of hydrogen-bond acceptors (Lipinski definition) is 6. The van der Waals surface area contributed by atoms with Gasteiger partial charge >= 0.3 is 0 Å². The molecule has 2 N–H and O–H groups in total. The molecule has 1 amide bonds. The number of aryl methyl sites for hydroxylation is 1. The topological polar surface area (TPSA) is 85.6 Å². The van der Waals surface area contributed by atoms with Crippen molar-refractivity contribution in [2.75, 3.05) is 32.1 Å². The molecule has 0 aliphatic carbocycles. The molecule has 22 heavy (non-hydrogen) atoms. The second-order valence-corrected chi connectivity index (χ2v) is 4.57. The van der Waals surface area contributed by atoms with E-state index in [1.54, 1.807) is 20.1 Å². The number of aromatic nitrogens is 1. The first-order chi connectivity index (χ1) is 10.7. The van der Waals surface area contributed by atoms with Crippen LogP contribution >= 0.6 is 0 Å². The van der Waals surface area contributed by atoms with Crippen LogP contribution in [0.3, 0.4) is 0 Å². The smallest absolute Gasteiger partial charge is 0.239 e. The molecule has 0 aliphatic rings. The van der Waals surface area contributed by atoms with Gasteiger partial charge in [0.05, 0.1) is 13.7 Å². The van der Waals surface area contributed by atoms with Gasteiger partial charge in [0.1, 0.15) is 23.9 Å². The molecule has 2 rings (SSSR count). The number of methoxy groups -OCH3 is 1. The van der Waals surface area contributed by atoms with Crippen molar-refractivity contribution in [1.82, 2.24) is 10.5 Å². The van der Waals surface area contributed by atoms with E-state index >= 15 is 0 Å². The average molecular weight is 305 g/mol. The van der Waals surface area contributed by atoms with Crippen molar-refractivity contribution in [2.24, 2.45) is 0 Å². The van der Waals surface area contributed by atoms with Gasteiger partial charge in [-0.1, -0.05) is 5.16 Å². The molecule has 118 valence electrons. The highest BCUT2D eigenvalue weighted by Crippen LogP contribution is 2.16. The average Bonchev–Trinajstić information content (AvgIpc) is 2.92. The Morgan fingerprint density at radius 2 is 2.00 bits per heavy atom. The highest BCUT2D eigenvalue weighted by Gasteiger charge is 2.05. The quantitative estimate of drug-likeness (QED) is 0.721. The van der Waals surface area contributed by atoms with Crippen molar-refractivity contribution in [1.29, 1.82) is 0 Å². The highest BCUT2D eigenvalue weighted by atomic mass is 16.5. The molecule has 0 fully saturated rings. The maximum Gasteiger partial charge on any atom is 0.239 e. The molecule has 7 heteroatoms. The van der Waals surface area contributed by atoms with E-state index in [2.05, 4.69) is 15.8 Å². The maximum atomic E-state index is 11.6. The SMILES string of the molecule is COc1ccc(OCCNCC(=O)Nc2cc(C)on2)cc1. The fourth-order valence-corrected chi connectivity index (χ4v) is 1.73. The zero-order valence-electron chi connectivity index (χ0n) is 12.6. The van der Waals surface area contributed by atoms with E-state index in [9.17, 15) is 4.79 Å². The normalized spacial score (nSPS) is 10.3. The summed E-state index contributed by atoms with van der Waals surface area (Å²) in [6.07, 6.45) is 0. The summed E-state index contributed by atoms with van der Waals surface area (Å²) in [6.45, 7) is 2.95. The Bertz CT molecular complexity index is 595. The summed E-state index contributed by atoms with van der Waals surface area (Å²) in [4.78, 5) is 11.6. The van der Waals surface area contributed by atoms with Crippen molar-refractivity contribution >= 4 is 11.7 Å². The Hall–Kier alpha value is -2.54. The summed E-state index contributed by atoms with van der Waals surface area (Å²) in [6, 6.07) is 8.98. The lowest BCUT2D eigenvalue weighted by Gasteiger charge is -2.08. The summed E-state index contributed by atoms with van der Waals surface area (Å²) in [5.41, 5.74) is 0. The Morgan fingerprint density at radius 3 is 2.64 bits per heavy atom. The fraction of sp³-hybridized carbons (Fsp3) is 0.333. The Morgan fingerprint density at radius 1 is 1.27 bits per heavy atom. The molecule has 1 heterocycles. The number of anilines is 1. The van der Waals surface area contributed by atoms with Crippen molar-refractivity contribution in [3.63, 3.8) is 0 Å². The van der Waals surface area contributed by atoms with Gasteiger partial charge in [0.15, 0.2) is 5.82 Å². The molecule has 0 unspecified atom stereocenters. The first kappa shape index (κ1) is 15.8. The first-order valence-corrected chi connectivity index (χ1v) is 6.88. The lowest BCUT2D eigenvalue weighted by atomic mass is 10.3. The monoisotopic (exact) mass is 305 g/mol. The van der Waals surface area contributed by atoms with Crippen molar-refractivity contribution in [2.45, 2.75) is 6.92 Å². The van der Waals surface area contributed by atoms with Crippen LogP contribution in [0.25, 0.3) is 0 Å². The summed E-state index contributed by atoms with van der Waals surface area (Å²) in [7, 11) is 1.62. The van der Waals surface area contributed by atoms with E-state index in [1.807, 2.05) is 24.3 Å². The lowest BCUT2D eigenvalue weighted by molar-refractivity contribution is -0.115. The molecule has 0 atom stereocenters. The third-order valence-corrected chi connectivity index (χ3v) is 2.79. The van der Waals surface area contributed by atoms with Crippen LogP contribution in [0.2, 0.25) is 0 Å². The molecule has 1 aromatic carbocycles. The van der Waals surface area contributed by atoms with Crippen LogP contribution in [0.5, 0.6) is 11.5 Å². The number of benzene rings is 1. The van der Waals surface area contributed by atoms with Crippen LogP contribution in [0, 0.1) is 6.92 Å². The number of carbonyl (C=O) groups is 1. The molecule has 0 aliphatic heterocycles. The minimum Gasteiger partial charge on any atom is -0.497 e. The molecule has 2 aromatic rings. The molecule has 0 bridgehead atoms. The predicted octanol–water partition coefficient (Wildman–Crippen LogP) is 1.60. The van der Waals surface area contributed by atoms with E-state index in [4.69, 9.17) is 14.0 Å². The molecule has 0 radical (unpaired) electrons. The summed E-state index contributed by atoms with van der Waals surface area (Å²) in [5.74, 6) is 2.42. The van der Waals surface area contributed by atoms with E-state index < -0.39 is 0 Å². The van der Waals surface area contributed by atoms with Gasteiger partial charge in [0.2, 0.25) is 5.91 Å². The van der Waals surface area contributed by atoms with Gasteiger partial charge in [0, 0.05) is 12.6 Å².